The summed E-state index contributed by atoms with van der Waals surface area (Å²) >= 11 is 0. The lowest BCUT2D eigenvalue weighted by Gasteiger charge is -2.27. The maximum Gasteiger partial charge on any atom is 0.392 e. The van der Waals surface area contributed by atoms with Crippen LogP contribution in [0.25, 0.3) is 0 Å². The Morgan fingerprint density at radius 3 is 2.21 bits per heavy atom. The number of hydrazone groups is 1. The van der Waals surface area contributed by atoms with Crippen molar-refractivity contribution in [1.29, 1.82) is 0 Å². The van der Waals surface area contributed by atoms with E-state index in [1.54, 1.807) is 32.9 Å². The van der Waals surface area contributed by atoms with Gasteiger partial charge in [0.05, 0.1) is 35.2 Å². The molecular weight excluding hydrogens is 626 g/mol. The fourth-order valence-electron chi connectivity index (χ4n) is 5.79. The maximum atomic E-state index is 14.9. The number of nitrogens with zero attached hydrogens (tertiary/aromatic N) is 2. The highest BCUT2D eigenvalue weighted by Crippen LogP contribution is 2.50. The molecule has 7 nitrogen and oxygen atoms in total. The monoisotopic (exact) mass is 665 g/mol. The molecule has 1 heterocycles. The van der Waals surface area contributed by atoms with E-state index in [1.165, 1.54) is 29.3 Å². The summed E-state index contributed by atoms with van der Waals surface area (Å²) in [7, 11) is 0. The van der Waals surface area contributed by atoms with Gasteiger partial charge in [-0.05, 0) is 74.4 Å². The normalized spacial score (nSPS) is 17.3. The molecule has 1 aliphatic heterocycles. The van der Waals surface area contributed by atoms with Crippen LogP contribution in [0.4, 0.5) is 23.2 Å². The van der Waals surface area contributed by atoms with E-state index in [4.69, 9.17) is 4.74 Å². The molecule has 1 saturated carbocycles. The molecule has 1 N–H and O–H groups in total. The van der Waals surface area contributed by atoms with Gasteiger partial charge in [-0.3, -0.25) is 14.4 Å². The van der Waals surface area contributed by atoms with Gasteiger partial charge in [0.25, 0.3) is 0 Å². The third kappa shape index (κ3) is 8.29. The van der Waals surface area contributed by atoms with E-state index in [0.29, 0.717) is 30.4 Å². The number of nitrogens with one attached hydrogen (secondary N) is 1. The number of benzene rings is 3. The number of esters is 1. The number of carbonyl (C=O) groups is 3. The first-order valence-corrected chi connectivity index (χ1v) is 16.0. The predicted octanol–water partition coefficient (Wildman–Crippen LogP) is 7.94. The van der Waals surface area contributed by atoms with Crippen LogP contribution >= 0.6 is 0 Å². The Hall–Kier alpha value is -4.54. The number of ether oxygens (including phenoxy) is 1. The van der Waals surface area contributed by atoms with Gasteiger partial charge in [-0.2, -0.15) is 18.3 Å². The Morgan fingerprint density at radius 1 is 0.958 bits per heavy atom. The molecule has 2 amide bonds. The highest BCUT2D eigenvalue weighted by Gasteiger charge is 2.52. The molecule has 3 aromatic rings. The summed E-state index contributed by atoms with van der Waals surface area (Å²) < 4.78 is 62.7. The maximum absolute atomic E-state index is 14.9. The van der Waals surface area contributed by atoms with Crippen LogP contribution in [-0.2, 0) is 32.1 Å². The van der Waals surface area contributed by atoms with Gasteiger partial charge >= 0.3 is 12.1 Å². The zero-order valence-corrected chi connectivity index (χ0v) is 27.4. The van der Waals surface area contributed by atoms with Crippen LogP contribution in [0.15, 0.2) is 77.9 Å². The van der Waals surface area contributed by atoms with Crippen LogP contribution < -0.4 is 5.32 Å². The summed E-state index contributed by atoms with van der Waals surface area (Å²) in [6.07, 6.45) is -2.53. The van der Waals surface area contributed by atoms with E-state index in [9.17, 15) is 31.9 Å². The molecular formula is C37H39F4N3O4. The summed E-state index contributed by atoms with van der Waals surface area (Å²) in [6.45, 7) is 6.32. The fourth-order valence-corrected chi connectivity index (χ4v) is 5.79. The van der Waals surface area contributed by atoms with Crippen molar-refractivity contribution in [3.8, 4) is 0 Å². The molecule has 0 spiro atoms. The van der Waals surface area contributed by atoms with Gasteiger partial charge in [0.15, 0.2) is 0 Å². The van der Waals surface area contributed by atoms with Crippen molar-refractivity contribution in [3.63, 3.8) is 0 Å². The lowest BCUT2D eigenvalue weighted by molar-refractivity contribution is -0.178. The SMILES string of the molecule is CC(C(C(=O)Nc1cc(CC2(C(=O)OC(C)(C)C)CC2)ccc1F)c1ccc(CN2N=C(c3ccccc3)CCC2=O)cc1)C(F)(F)F. The second kappa shape index (κ2) is 13.5. The van der Waals surface area contributed by atoms with Gasteiger partial charge in [-0.25, -0.2) is 9.40 Å². The number of hydrogen-bond acceptors (Lipinski definition) is 5. The van der Waals surface area contributed by atoms with Crippen molar-refractivity contribution in [2.75, 3.05) is 5.32 Å². The van der Waals surface area contributed by atoms with Crippen molar-refractivity contribution < 1.29 is 36.7 Å². The molecule has 48 heavy (non-hydrogen) atoms. The summed E-state index contributed by atoms with van der Waals surface area (Å²) in [5, 5.41) is 8.24. The predicted molar refractivity (Wildman–Crippen MR) is 173 cm³/mol. The van der Waals surface area contributed by atoms with Crippen LogP contribution in [0.2, 0.25) is 0 Å². The lowest BCUT2D eigenvalue weighted by atomic mass is 9.85. The minimum absolute atomic E-state index is 0.0814. The van der Waals surface area contributed by atoms with Crippen molar-refractivity contribution in [2.45, 2.75) is 84.0 Å². The third-order valence-electron chi connectivity index (χ3n) is 8.70. The summed E-state index contributed by atoms with van der Waals surface area (Å²) in [5.41, 5.74) is 1.19. The van der Waals surface area contributed by atoms with Gasteiger partial charge in [0.2, 0.25) is 11.8 Å². The van der Waals surface area contributed by atoms with Gasteiger partial charge in [-0.1, -0.05) is 67.6 Å². The van der Waals surface area contributed by atoms with E-state index in [0.717, 1.165) is 24.3 Å². The molecule has 1 fully saturated rings. The Kier molecular flexibility index (Phi) is 9.80. The number of anilines is 1. The number of hydrogen-bond donors (Lipinski definition) is 1. The molecule has 2 aliphatic rings. The Bertz CT molecular complexity index is 1690. The third-order valence-corrected chi connectivity index (χ3v) is 8.70. The van der Waals surface area contributed by atoms with E-state index >= 15 is 0 Å². The molecule has 0 saturated heterocycles. The second-order valence-electron chi connectivity index (χ2n) is 13.7. The van der Waals surface area contributed by atoms with Crippen molar-refractivity contribution >= 4 is 29.2 Å². The molecule has 1 aliphatic carbocycles. The topological polar surface area (TPSA) is 88.1 Å². The van der Waals surface area contributed by atoms with Crippen molar-refractivity contribution in [1.82, 2.24) is 5.01 Å². The molecule has 0 aromatic heterocycles. The highest BCUT2D eigenvalue weighted by molar-refractivity contribution is 6.04. The smallest absolute Gasteiger partial charge is 0.392 e. The Morgan fingerprint density at radius 2 is 1.60 bits per heavy atom. The standard InChI is InChI=1S/C37H39F4N3O4/c1-23(37(39,40)41)32(27-13-10-24(11-14-27)22-44-31(45)17-16-29(43-44)26-8-6-5-7-9-26)33(46)42-30-20-25(12-15-28(30)38)21-36(18-19-36)34(47)48-35(2,3)4/h5-15,20,23,32H,16-19,21-22H2,1-4H3,(H,42,46). The van der Waals surface area contributed by atoms with Crippen molar-refractivity contribution in [2.24, 2.45) is 16.4 Å². The molecule has 2 unspecified atom stereocenters. The number of halogens is 4. The van der Waals surface area contributed by atoms with E-state index in [2.05, 4.69) is 10.4 Å². The molecule has 0 radical (unpaired) electrons. The molecule has 2 atom stereocenters. The summed E-state index contributed by atoms with van der Waals surface area (Å²) in [6, 6.07) is 19.4. The van der Waals surface area contributed by atoms with Gasteiger partial charge < -0.3 is 10.1 Å². The van der Waals surface area contributed by atoms with Crippen LogP contribution in [-0.4, -0.2) is 40.3 Å². The molecule has 3 aromatic carbocycles. The quantitative estimate of drug-likeness (QED) is 0.176. The van der Waals surface area contributed by atoms with Crippen molar-refractivity contribution in [3.05, 3.63) is 101 Å². The average Bonchev–Trinajstić information content (AvgIpc) is 3.81. The zero-order chi connectivity index (χ0) is 34.9. The van der Waals surface area contributed by atoms with Crippen LogP contribution in [0.5, 0.6) is 0 Å². The zero-order valence-electron chi connectivity index (χ0n) is 27.4. The molecule has 0 bridgehead atoms. The van der Waals surface area contributed by atoms with Crippen LogP contribution in [0.3, 0.4) is 0 Å². The van der Waals surface area contributed by atoms with E-state index < -0.39 is 40.8 Å². The molecule has 5 rings (SSSR count). The number of amides is 2. The number of carbonyl (C=O) groups excluding carboxylic acids is 3. The molecule has 254 valence electrons. The van der Waals surface area contributed by atoms with E-state index in [-0.39, 0.29) is 42.5 Å². The average molecular weight is 666 g/mol. The number of rotatable bonds is 10. The van der Waals surface area contributed by atoms with Gasteiger partial charge in [-0.15, -0.1) is 0 Å². The van der Waals surface area contributed by atoms with E-state index in [1.807, 2.05) is 30.3 Å². The first-order chi connectivity index (χ1) is 22.5. The minimum atomic E-state index is -4.73. The molecule has 11 heteroatoms. The highest BCUT2D eigenvalue weighted by atomic mass is 19.4. The number of alkyl halides is 3. The Balaban J connectivity index is 1.34. The largest absolute Gasteiger partial charge is 0.460 e. The Labute approximate surface area is 277 Å². The lowest BCUT2D eigenvalue weighted by Crippen LogP contribution is -2.34. The first-order valence-electron chi connectivity index (χ1n) is 16.0. The summed E-state index contributed by atoms with van der Waals surface area (Å²) in [4.78, 5) is 39.0. The van der Waals surface area contributed by atoms with Gasteiger partial charge in [0.1, 0.15) is 11.4 Å². The fraction of sp³-hybridized carbons (Fsp3) is 0.405. The minimum Gasteiger partial charge on any atom is -0.460 e. The summed E-state index contributed by atoms with van der Waals surface area (Å²) in [5.74, 6) is -6.17. The van der Waals surface area contributed by atoms with Crippen LogP contribution in [0, 0.1) is 17.2 Å². The van der Waals surface area contributed by atoms with Crippen LogP contribution in [0.1, 0.15) is 81.5 Å². The second-order valence-corrected chi connectivity index (χ2v) is 13.7. The van der Waals surface area contributed by atoms with Gasteiger partial charge in [0, 0.05) is 12.8 Å². The first kappa shape index (κ1) is 34.8.